The van der Waals surface area contributed by atoms with E-state index in [-0.39, 0.29) is 5.75 Å². The third-order valence-electron chi connectivity index (χ3n) is 3.33. The van der Waals surface area contributed by atoms with E-state index in [1.165, 1.54) is 0 Å². The fourth-order valence-corrected chi connectivity index (χ4v) is 2.37. The Labute approximate surface area is 120 Å². The number of hydrogen-bond acceptors (Lipinski definition) is 2. The van der Waals surface area contributed by atoms with Gasteiger partial charge in [0.1, 0.15) is 11.5 Å². The van der Waals surface area contributed by atoms with Gasteiger partial charge in [0.05, 0.1) is 0 Å². The van der Waals surface area contributed by atoms with E-state index in [2.05, 4.69) is 13.5 Å². The highest BCUT2D eigenvalue weighted by Crippen LogP contribution is 2.35. The topological polar surface area (TPSA) is 40.5 Å². The van der Waals surface area contributed by atoms with Gasteiger partial charge < -0.3 is 10.2 Å². The molecule has 0 heterocycles. The van der Waals surface area contributed by atoms with Crippen LogP contribution in [0.1, 0.15) is 24.5 Å². The Balaban J connectivity index is 2.54. The van der Waals surface area contributed by atoms with Crippen LogP contribution in [0.5, 0.6) is 11.5 Å². The van der Waals surface area contributed by atoms with Crippen LogP contribution in [-0.2, 0) is 12.8 Å². The van der Waals surface area contributed by atoms with Crippen molar-refractivity contribution in [1.29, 1.82) is 0 Å². The summed E-state index contributed by atoms with van der Waals surface area (Å²) in [5, 5.41) is 19.8. The molecule has 2 aromatic carbocycles. The average Bonchev–Trinajstić information content (AvgIpc) is 2.44. The van der Waals surface area contributed by atoms with Crippen LogP contribution in [-0.4, -0.2) is 10.2 Å². The summed E-state index contributed by atoms with van der Waals surface area (Å²) < 4.78 is 0. The second kappa shape index (κ2) is 6.29. The number of aromatic hydroxyl groups is 2. The normalized spacial score (nSPS) is 10.4. The molecule has 0 saturated carbocycles. The largest absolute Gasteiger partial charge is 0.508 e. The van der Waals surface area contributed by atoms with E-state index in [0.717, 1.165) is 41.5 Å². The van der Waals surface area contributed by atoms with Crippen LogP contribution in [0.2, 0.25) is 0 Å². The molecule has 0 aliphatic carbocycles. The monoisotopic (exact) mass is 268 g/mol. The van der Waals surface area contributed by atoms with Crippen molar-refractivity contribution in [1.82, 2.24) is 0 Å². The number of phenolic OH excluding ortho intramolecular Hbond substituents is 2. The van der Waals surface area contributed by atoms with E-state index < -0.39 is 0 Å². The second-order valence-corrected chi connectivity index (χ2v) is 4.94. The zero-order valence-electron chi connectivity index (χ0n) is 11.8. The van der Waals surface area contributed by atoms with Gasteiger partial charge in [-0.25, -0.2) is 0 Å². The predicted octanol–water partition coefficient (Wildman–Crippen LogP) is 4.45. The molecule has 0 aliphatic rings. The van der Waals surface area contributed by atoms with Crippen molar-refractivity contribution in [3.8, 4) is 22.6 Å². The molecule has 2 heteroatoms. The van der Waals surface area contributed by atoms with Gasteiger partial charge in [-0.15, -0.1) is 6.58 Å². The average molecular weight is 268 g/mol. The summed E-state index contributed by atoms with van der Waals surface area (Å²) in [5.41, 5.74) is 3.83. The van der Waals surface area contributed by atoms with Gasteiger partial charge in [-0.1, -0.05) is 37.6 Å². The third kappa shape index (κ3) is 3.02. The molecule has 0 fully saturated rings. The molecule has 104 valence electrons. The minimum Gasteiger partial charge on any atom is -0.508 e. The van der Waals surface area contributed by atoms with Crippen molar-refractivity contribution < 1.29 is 10.2 Å². The van der Waals surface area contributed by atoms with Crippen LogP contribution in [0.3, 0.4) is 0 Å². The zero-order valence-corrected chi connectivity index (χ0v) is 11.8. The molecule has 0 atom stereocenters. The summed E-state index contributed by atoms with van der Waals surface area (Å²) >= 11 is 0. The molecule has 2 N–H and O–H groups in total. The van der Waals surface area contributed by atoms with Gasteiger partial charge >= 0.3 is 0 Å². The highest BCUT2D eigenvalue weighted by Gasteiger charge is 2.11. The lowest BCUT2D eigenvalue weighted by Gasteiger charge is -2.12. The van der Waals surface area contributed by atoms with Crippen molar-refractivity contribution >= 4 is 0 Å². The van der Waals surface area contributed by atoms with Crippen LogP contribution in [0.25, 0.3) is 11.1 Å². The first-order valence-corrected chi connectivity index (χ1v) is 6.90. The number of aryl methyl sites for hydroxylation is 1. The second-order valence-electron chi connectivity index (χ2n) is 4.94. The van der Waals surface area contributed by atoms with Gasteiger partial charge in [0.25, 0.3) is 0 Å². The number of hydrogen-bond donors (Lipinski definition) is 2. The molecule has 2 nitrogen and oxygen atoms in total. The zero-order chi connectivity index (χ0) is 14.5. The van der Waals surface area contributed by atoms with Gasteiger partial charge in [-0.2, -0.15) is 0 Å². The van der Waals surface area contributed by atoms with Crippen molar-refractivity contribution in [2.75, 3.05) is 0 Å². The number of allylic oxidation sites excluding steroid dienone is 1. The quantitative estimate of drug-likeness (QED) is 0.787. The molecule has 0 amide bonds. The van der Waals surface area contributed by atoms with Crippen molar-refractivity contribution in [2.45, 2.75) is 26.2 Å². The summed E-state index contributed by atoms with van der Waals surface area (Å²) in [6, 6.07) is 10.9. The molecular weight excluding hydrogens is 248 g/mol. The lowest BCUT2D eigenvalue weighted by Crippen LogP contribution is -1.92. The maximum absolute atomic E-state index is 10.4. The number of rotatable bonds is 5. The Morgan fingerprint density at radius 1 is 1.10 bits per heavy atom. The van der Waals surface area contributed by atoms with Gasteiger partial charge in [-0.05, 0) is 47.7 Å². The third-order valence-corrected chi connectivity index (χ3v) is 3.33. The number of phenols is 2. The fraction of sp³-hybridized carbons (Fsp3) is 0.222. The van der Waals surface area contributed by atoms with Crippen molar-refractivity contribution in [2.24, 2.45) is 0 Å². The fourth-order valence-electron chi connectivity index (χ4n) is 2.37. The molecule has 0 radical (unpaired) electrons. The SMILES string of the molecule is C=CCc1cc(CCC)c(O)c(-c2ccc(O)cc2)c1. The lowest BCUT2D eigenvalue weighted by molar-refractivity contribution is 0.469. The Hall–Kier alpha value is -2.22. The molecule has 0 unspecified atom stereocenters. The Kier molecular flexibility index (Phi) is 4.46. The van der Waals surface area contributed by atoms with E-state index in [1.807, 2.05) is 30.3 Å². The van der Waals surface area contributed by atoms with Crippen LogP contribution in [0.4, 0.5) is 0 Å². The van der Waals surface area contributed by atoms with Crippen molar-refractivity contribution in [3.63, 3.8) is 0 Å². The van der Waals surface area contributed by atoms with Crippen LogP contribution in [0, 0.1) is 0 Å². The molecule has 0 aromatic heterocycles. The molecule has 2 aromatic rings. The summed E-state index contributed by atoms with van der Waals surface area (Å²) in [6.07, 6.45) is 4.48. The minimum absolute atomic E-state index is 0.226. The Bertz CT molecular complexity index is 598. The smallest absolute Gasteiger partial charge is 0.126 e. The Morgan fingerprint density at radius 3 is 2.40 bits per heavy atom. The summed E-state index contributed by atoms with van der Waals surface area (Å²) in [4.78, 5) is 0. The van der Waals surface area contributed by atoms with Crippen LogP contribution < -0.4 is 0 Å². The maximum Gasteiger partial charge on any atom is 0.126 e. The Morgan fingerprint density at radius 2 is 1.80 bits per heavy atom. The standard InChI is InChI=1S/C18H20O2/c1-3-5-13-11-15(6-4-2)18(20)17(12-13)14-7-9-16(19)10-8-14/h3,7-12,19-20H,1,4-6H2,2H3. The first-order valence-electron chi connectivity index (χ1n) is 6.90. The molecule has 0 bridgehead atoms. The van der Waals surface area contributed by atoms with Crippen molar-refractivity contribution in [3.05, 3.63) is 60.2 Å². The van der Waals surface area contributed by atoms with E-state index >= 15 is 0 Å². The van der Waals surface area contributed by atoms with Gasteiger partial charge in [-0.3, -0.25) is 0 Å². The number of benzene rings is 2. The lowest BCUT2D eigenvalue weighted by atomic mass is 9.95. The molecule has 0 spiro atoms. The molecule has 0 saturated heterocycles. The van der Waals surface area contributed by atoms with Crippen LogP contribution in [0.15, 0.2) is 49.1 Å². The van der Waals surface area contributed by atoms with Gasteiger partial charge in [0.15, 0.2) is 0 Å². The summed E-state index contributed by atoms with van der Waals surface area (Å²) in [6.45, 7) is 5.87. The summed E-state index contributed by atoms with van der Waals surface area (Å²) in [7, 11) is 0. The maximum atomic E-state index is 10.4. The highest BCUT2D eigenvalue weighted by molar-refractivity contribution is 5.73. The van der Waals surface area contributed by atoms with E-state index in [9.17, 15) is 10.2 Å². The van der Waals surface area contributed by atoms with E-state index in [1.54, 1.807) is 12.1 Å². The van der Waals surface area contributed by atoms with Gasteiger partial charge in [0.2, 0.25) is 0 Å². The van der Waals surface area contributed by atoms with E-state index in [0.29, 0.717) is 5.75 Å². The highest BCUT2D eigenvalue weighted by atomic mass is 16.3. The van der Waals surface area contributed by atoms with Gasteiger partial charge in [0, 0.05) is 5.56 Å². The molecular formula is C18H20O2. The first kappa shape index (κ1) is 14.2. The first-order chi connectivity index (χ1) is 9.65. The molecule has 20 heavy (non-hydrogen) atoms. The summed E-state index contributed by atoms with van der Waals surface area (Å²) in [5.74, 6) is 0.564. The van der Waals surface area contributed by atoms with Crippen LogP contribution >= 0.6 is 0 Å². The van der Waals surface area contributed by atoms with E-state index in [4.69, 9.17) is 0 Å². The minimum atomic E-state index is 0.226. The predicted molar refractivity (Wildman–Crippen MR) is 83.1 cm³/mol. The molecule has 0 aliphatic heterocycles. The molecule has 2 rings (SSSR count).